The zero-order valence-electron chi connectivity index (χ0n) is 17.3. The first-order chi connectivity index (χ1) is 14.7. The van der Waals surface area contributed by atoms with Crippen LogP contribution in [0.15, 0.2) is 48.7 Å². The van der Waals surface area contributed by atoms with Crippen LogP contribution in [-0.4, -0.2) is 61.3 Å². The van der Waals surface area contributed by atoms with E-state index in [9.17, 15) is 4.79 Å². The van der Waals surface area contributed by atoms with E-state index in [1.807, 2.05) is 36.5 Å². The summed E-state index contributed by atoms with van der Waals surface area (Å²) in [6.45, 7) is 7.79. The number of aromatic nitrogens is 1. The largest absolute Gasteiger partial charge is 0.486 e. The fourth-order valence-electron chi connectivity index (χ4n) is 4.51. The second kappa shape index (κ2) is 8.03. The summed E-state index contributed by atoms with van der Waals surface area (Å²) in [6, 6.07) is 14.3. The molecule has 1 aromatic heterocycles. The van der Waals surface area contributed by atoms with Crippen molar-refractivity contribution in [1.29, 1.82) is 0 Å². The minimum atomic E-state index is 0.0588. The van der Waals surface area contributed by atoms with E-state index in [0.717, 1.165) is 61.8 Å². The predicted octanol–water partition coefficient (Wildman–Crippen LogP) is 3.44. The molecule has 5 rings (SSSR count). The molecule has 3 aromatic rings. The van der Waals surface area contributed by atoms with Crippen LogP contribution < -0.4 is 14.4 Å². The average Bonchev–Trinajstić information content (AvgIpc) is 3.17. The van der Waals surface area contributed by atoms with Crippen molar-refractivity contribution in [3.63, 3.8) is 0 Å². The molecule has 2 aromatic carbocycles. The third-order valence-electron chi connectivity index (χ3n) is 6.09. The fourth-order valence-corrected chi connectivity index (χ4v) is 4.51. The molecule has 156 valence electrons. The van der Waals surface area contributed by atoms with Gasteiger partial charge in [-0.15, -0.1) is 0 Å². The zero-order chi connectivity index (χ0) is 20.5. The van der Waals surface area contributed by atoms with Gasteiger partial charge in [-0.3, -0.25) is 14.3 Å². The molecule has 0 radical (unpaired) electrons. The molecule has 0 bridgehead atoms. The Morgan fingerprint density at radius 2 is 1.77 bits per heavy atom. The number of hydrogen-bond donors (Lipinski definition) is 0. The number of ether oxygens (including phenoxy) is 2. The van der Waals surface area contributed by atoms with Crippen molar-refractivity contribution in [2.45, 2.75) is 13.3 Å². The van der Waals surface area contributed by atoms with Crippen LogP contribution in [0.2, 0.25) is 0 Å². The Morgan fingerprint density at radius 1 is 0.967 bits per heavy atom. The summed E-state index contributed by atoms with van der Waals surface area (Å²) < 4.78 is 13.4. The van der Waals surface area contributed by atoms with E-state index in [1.165, 1.54) is 10.9 Å². The number of rotatable bonds is 4. The van der Waals surface area contributed by atoms with E-state index >= 15 is 0 Å². The standard InChI is InChI=1S/C24H27N3O3/c1-18(28)27-17-19(20-5-2-3-6-21(20)27)9-10-25-11-13-26(14-12-25)22-7-4-8-23-24(22)30-16-15-29-23/h2-8,17H,9-16H2,1H3. The molecular formula is C24H27N3O3. The maximum atomic E-state index is 12.0. The Kier molecular flexibility index (Phi) is 5.09. The smallest absolute Gasteiger partial charge is 0.227 e. The number of fused-ring (bicyclic) bond motifs is 2. The van der Waals surface area contributed by atoms with Crippen LogP contribution in [0, 0.1) is 0 Å². The van der Waals surface area contributed by atoms with E-state index in [2.05, 4.69) is 21.9 Å². The number of anilines is 1. The first-order valence-corrected chi connectivity index (χ1v) is 10.7. The number of para-hydroxylation sites is 2. The van der Waals surface area contributed by atoms with Crippen LogP contribution in [0.25, 0.3) is 10.9 Å². The van der Waals surface area contributed by atoms with Crippen LogP contribution in [-0.2, 0) is 6.42 Å². The molecule has 0 saturated carbocycles. The van der Waals surface area contributed by atoms with Gasteiger partial charge in [0.1, 0.15) is 13.2 Å². The van der Waals surface area contributed by atoms with E-state index in [-0.39, 0.29) is 5.91 Å². The number of hydrogen-bond acceptors (Lipinski definition) is 5. The number of carbonyl (C=O) groups excluding carboxylic acids is 1. The average molecular weight is 405 g/mol. The summed E-state index contributed by atoms with van der Waals surface area (Å²) in [4.78, 5) is 16.9. The molecule has 3 heterocycles. The van der Waals surface area contributed by atoms with Crippen LogP contribution in [0.3, 0.4) is 0 Å². The normalized spacial score (nSPS) is 16.8. The van der Waals surface area contributed by atoms with Crippen LogP contribution in [0.1, 0.15) is 17.3 Å². The Hall–Kier alpha value is -2.99. The minimum absolute atomic E-state index is 0.0588. The van der Waals surface area contributed by atoms with Crippen LogP contribution >= 0.6 is 0 Å². The molecule has 1 saturated heterocycles. The summed E-state index contributed by atoms with van der Waals surface area (Å²) in [5.41, 5.74) is 3.38. The zero-order valence-corrected chi connectivity index (χ0v) is 17.3. The summed E-state index contributed by atoms with van der Waals surface area (Å²) in [5.74, 6) is 1.79. The monoisotopic (exact) mass is 405 g/mol. The molecule has 2 aliphatic heterocycles. The summed E-state index contributed by atoms with van der Waals surface area (Å²) in [6.07, 6.45) is 2.95. The van der Waals surface area contributed by atoms with Crippen molar-refractivity contribution in [2.24, 2.45) is 0 Å². The molecule has 0 spiro atoms. The highest BCUT2D eigenvalue weighted by molar-refractivity contribution is 5.93. The predicted molar refractivity (Wildman–Crippen MR) is 118 cm³/mol. The van der Waals surface area contributed by atoms with Crippen molar-refractivity contribution in [1.82, 2.24) is 9.47 Å². The summed E-state index contributed by atoms with van der Waals surface area (Å²) in [7, 11) is 0. The Bertz CT molecular complexity index is 1070. The van der Waals surface area contributed by atoms with E-state index in [0.29, 0.717) is 13.2 Å². The van der Waals surface area contributed by atoms with Gasteiger partial charge in [-0.05, 0) is 30.2 Å². The Morgan fingerprint density at radius 3 is 2.60 bits per heavy atom. The highest BCUT2D eigenvalue weighted by Gasteiger charge is 2.23. The molecule has 0 aliphatic carbocycles. The van der Waals surface area contributed by atoms with Gasteiger partial charge in [0, 0.05) is 51.2 Å². The summed E-state index contributed by atoms with van der Waals surface area (Å²) >= 11 is 0. The van der Waals surface area contributed by atoms with Gasteiger partial charge in [0.05, 0.1) is 11.2 Å². The molecule has 0 amide bonds. The van der Waals surface area contributed by atoms with E-state index in [4.69, 9.17) is 9.47 Å². The molecule has 30 heavy (non-hydrogen) atoms. The first kappa shape index (κ1) is 19.0. The SMILES string of the molecule is CC(=O)n1cc(CCN2CCN(c3cccc4c3OCCO4)CC2)c2ccccc21. The number of nitrogens with zero attached hydrogens (tertiary/aromatic N) is 3. The third kappa shape index (κ3) is 3.52. The van der Waals surface area contributed by atoms with Gasteiger partial charge in [-0.1, -0.05) is 24.3 Å². The lowest BCUT2D eigenvalue weighted by Crippen LogP contribution is -2.47. The molecule has 6 heteroatoms. The lowest BCUT2D eigenvalue weighted by molar-refractivity contribution is 0.0941. The van der Waals surface area contributed by atoms with Crippen molar-refractivity contribution in [2.75, 3.05) is 50.8 Å². The van der Waals surface area contributed by atoms with Gasteiger partial charge in [0.15, 0.2) is 11.5 Å². The number of carbonyl (C=O) groups is 1. The molecule has 6 nitrogen and oxygen atoms in total. The van der Waals surface area contributed by atoms with Gasteiger partial charge in [-0.2, -0.15) is 0 Å². The highest BCUT2D eigenvalue weighted by atomic mass is 16.6. The highest BCUT2D eigenvalue weighted by Crippen LogP contribution is 2.39. The van der Waals surface area contributed by atoms with E-state index in [1.54, 1.807) is 11.5 Å². The van der Waals surface area contributed by atoms with Crippen molar-refractivity contribution in [3.05, 3.63) is 54.2 Å². The van der Waals surface area contributed by atoms with Gasteiger partial charge in [-0.25, -0.2) is 0 Å². The van der Waals surface area contributed by atoms with E-state index < -0.39 is 0 Å². The van der Waals surface area contributed by atoms with Crippen molar-refractivity contribution >= 4 is 22.5 Å². The molecular weight excluding hydrogens is 378 g/mol. The molecule has 1 fully saturated rings. The lowest BCUT2D eigenvalue weighted by Gasteiger charge is -2.37. The maximum Gasteiger partial charge on any atom is 0.227 e. The Balaban J connectivity index is 1.24. The first-order valence-electron chi connectivity index (χ1n) is 10.7. The van der Waals surface area contributed by atoms with Gasteiger partial charge < -0.3 is 14.4 Å². The second-order valence-electron chi connectivity index (χ2n) is 7.94. The van der Waals surface area contributed by atoms with Gasteiger partial charge in [0.25, 0.3) is 0 Å². The quantitative estimate of drug-likeness (QED) is 0.666. The van der Waals surface area contributed by atoms with Gasteiger partial charge >= 0.3 is 0 Å². The third-order valence-corrected chi connectivity index (χ3v) is 6.09. The van der Waals surface area contributed by atoms with Gasteiger partial charge in [0.2, 0.25) is 5.91 Å². The maximum absolute atomic E-state index is 12.0. The van der Waals surface area contributed by atoms with Crippen LogP contribution in [0.5, 0.6) is 11.5 Å². The molecule has 0 atom stereocenters. The molecule has 0 unspecified atom stereocenters. The fraction of sp³-hybridized carbons (Fsp3) is 0.375. The Labute approximate surface area is 176 Å². The van der Waals surface area contributed by atoms with Crippen LogP contribution in [0.4, 0.5) is 5.69 Å². The molecule has 2 aliphatic rings. The summed E-state index contributed by atoms with van der Waals surface area (Å²) in [5, 5.41) is 1.18. The van der Waals surface area contributed by atoms with Crippen molar-refractivity contribution < 1.29 is 14.3 Å². The molecule has 0 N–H and O–H groups in total. The number of benzene rings is 2. The topological polar surface area (TPSA) is 46.9 Å². The lowest BCUT2D eigenvalue weighted by atomic mass is 10.1. The minimum Gasteiger partial charge on any atom is -0.486 e. The number of piperazine rings is 1. The van der Waals surface area contributed by atoms with Crippen molar-refractivity contribution in [3.8, 4) is 11.5 Å². The second-order valence-corrected chi connectivity index (χ2v) is 7.94.